The Morgan fingerprint density at radius 2 is 1.97 bits per heavy atom. The van der Waals surface area contributed by atoms with E-state index in [9.17, 15) is 8.78 Å². The summed E-state index contributed by atoms with van der Waals surface area (Å²) in [6.07, 6.45) is 1.59. The van der Waals surface area contributed by atoms with Crippen LogP contribution in [0.3, 0.4) is 0 Å². The van der Waals surface area contributed by atoms with Crippen molar-refractivity contribution in [3.05, 3.63) is 77.3 Å². The number of aromatic nitrogens is 3. The van der Waals surface area contributed by atoms with Gasteiger partial charge in [0.15, 0.2) is 17.4 Å². The first-order valence-corrected chi connectivity index (χ1v) is 11.1. The molecule has 8 nitrogen and oxygen atoms in total. The van der Waals surface area contributed by atoms with Crippen molar-refractivity contribution in [2.45, 2.75) is 13.1 Å². The molecule has 0 saturated heterocycles. The first kappa shape index (κ1) is 22.7. The van der Waals surface area contributed by atoms with Gasteiger partial charge in [0, 0.05) is 18.2 Å². The predicted molar refractivity (Wildman–Crippen MR) is 127 cm³/mol. The summed E-state index contributed by atoms with van der Waals surface area (Å²) in [5.41, 5.74) is 3.05. The van der Waals surface area contributed by atoms with Crippen molar-refractivity contribution in [2.24, 2.45) is 5.10 Å². The van der Waals surface area contributed by atoms with E-state index in [0.29, 0.717) is 36.8 Å². The highest BCUT2D eigenvalue weighted by Crippen LogP contribution is 2.26. The Morgan fingerprint density at radius 1 is 1.14 bits per heavy atom. The molecule has 0 aliphatic carbocycles. The first-order chi connectivity index (χ1) is 17.0. The van der Waals surface area contributed by atoms with E-state index in [2.05, 4.69) is 25.1 Å². The van der Waals surface area contributed by atoms with Crippen LogP contribution >= 0.6 is 0 Å². The predicted octanol–water partition coefficient (Wildman–Crippen LogP) is 4.30. The molecule has 5 rings (SSSR count). The average molecular weight is 479 g/mol. The van der Waals surface area contributed by atoms with Gasteiger partial charge < -0.3 is 19.1 Å². The van der Waals surface area contributed by atoms with Gasteiger partial charge >= 0.3 is 0 Å². The second kappa shape index (κ2) is 9.67. The number of aromatic amines is 1. The van der Waals surface area contributed by atoms with E-state index < -0.39 is 11.6 Å². The Hall–Kier alpha value is -4.05. The number of rotatable bonds is 8. The van der Waals surface area contributed by atoms with Crippen molar-refractivity contribution < 1.29 is 18.0 Å². The smallest absolute Gasteiger partial charge is 0.169 e. The number of nitrogens with zero attached hydrogens (tertiary/aromatic N) is 5. The largest absolute Gasteiger partial charge is 0.492 e. The summed E-state index contributed by atoms with van der Waals surface area (Å²) in [5.74, 6) is -0.149. The van der Waals surface area contributed by atoms with Gasteiger partial charge in [0.2, 0.25) is 0 Å². The van der Waals surface area contributed by atoms with Crippen LogP contribution in [0.25, 0.3) is 22.6 Å². The molecule has 0 spiro atoms. The minimum Gasteiger partial charge on any atom is -0.492 e. The second-order valence-corrected chi connectivity index (χ2v) is 8.47. The molecule has 0 atom stereocenters. The van der Waals surface area contributed by atoms with Crippen LogP contribution in [0.2, 0.25) is 0 Å². The molecule has 2 aromatic carbocycles. The maximum atomic E-state index is 14.2. The molecule has 1 N–H and O–H groups in total. The molecule has 1 aliphatic rings. The fourth-order valence-corrected chi connectivity index (χ4v) is 3.69. The van der Waals surface area contributed by atoms with Crippen molar-refractivity contribution in [3.8, 4) is 28.4 Å². The molecule has 0 radical (unpaired) electrons. The molecule has 0 saturated carbocycles. The Bertz CT molecular complexity index is 1350. The van der Waals surface area contributed by atoms with E-state index in [1.54, 1.807) is 11.2 Å². The molecule has 1 aliphatic heterocycles. The number of ether oxygens (including phenoxy) is 1. The summed E-state index contributed by atoms with van der Waals surface area (Å²) < 4.78 is 39.0. The van der Waals surface area contributed by atoms with E-state index in [4.69, 9.17) is 9.26 Å². The molecule has 10 heteroatoms. The average Bonchev–Trinajstić information content (AvgIpc) is 3.48. The number of fused-ring (bicyclic) bond motifs is 1. The summed E-state index contributed by atoms with van der Waals surface area (Å²) in [7, 11) is 4.01. The quantitative estimate of drug-likeness (QED) is 0.407. The van der Waals surface area contributed by atoms with Crippen molar-refractivity contribution in [3.63, 3.8) is 0 Å². The molecule has 0 unspecified atom stereocenters. The highest BCUT2D eigenvalue weighted by molar-refractivity contribution is 5.80. The maximum Gasteiger partial charge on any atom is 0.169 e. The second-order valence-electron chi connectivity index (χ2n) is 8.47. The molecule has 0 bridgehead atoms. The summed E-state index contributed by atoms with van der Waals surface area (Å²) in [6.45, 7) is 2.26. The molecule has 0 amide bonds. The highest BCUT2D eigenvalue weighted by Gasteiger charge is 2.21. The van der Waals surface area contributed by atoms with E-state index >= 15 is 0 Å². The van der Waals surface area contributed by atoms with Gasteiger partial charge in [0.1, 0.15) is 29.6 Å². The fourth-order valence-electron chi connectivity index (χ4n) is 3.69. The van der Waals surface area contributed by atoms with Gasteiger partial charge in [-0.05, 0) is 50.5 Å². The third kappa shape index (κ3) is 5.07. The highest BCUT2D eigenvalue weighted by atomic mass is 19.2. The Balaban J connectivity index is 1.23. The van der Waals surface area contributed by atoms with Gasteiger partial charge in [0.05, 0.1) is 30.6 Å². The van der Waals surface area contributed by atoms with E-state index in [1.807, 2.05) is 44.4 Å². The van der Waals surface area contributed by atoms with E-state index in [0.717, 1.165) is 29.6 Å². The van der Waals surface area contributed by atoms with E-state index in [-0.39, 0.29) is 11.4 Å². The monoisotopic (exact) mass is 478 g/mol. The molecule has 180 valence electrons. The van der Waals surface area contributed by atoms with Gasteiger partial charge in [0.25, 0.3) is 0 Å². The van der Waals surface area contributed by atoms with Crippen LogP contribution in [-0.2, 0) is 13.1 Å². The third-order valence-corrected chi connectivity index (χ3v) is 5.56. The zero-order chi connectivity index (χ0) is 24.4. The van der Waals surface area contributed by atoms with Crippen LogP contribution in [0, 0.1) is 11.6 Å². The van der Waals surface area contributed by atoms with Crippen molar-refractivity contribution in [1.29, 1.82) is 0 Å². The van der Waals surface area contributed by atoms with Gasteiger partial charge in [-0.2, -0.15) is 5.10 Å². The molecular weight excluding hydrogens is 454 g/mol. The van der Waals surface area contributed by atoms with Crippen molar-refractivity contribution in [2.75, 3.05) is 27.2 Å². The molecule has 35 heavy (non-hydrogen) atoms. The van der Waals surface area contributed by atoms with Crippen LogP contribution in [0.5, 0.6) is 5.75 Å². The number of H-pyrrole nitrogens is 1. The Morgan fingerprint density at radius 3 is 2.77 bits per heavy atom. The lowest BCUT2D eigenvalue weighted by molar-refractivity contribution is 0.229. The lowest BCUT2D eigenvalue weighted by Crippen LogP contribution is -2.21. The lowest BCUT2D eigenvalue weighted by atomic mass is 10.1. The first-order valence-electron chi connectivity index (χ1n) is 11.1. The zero-order valence-electron chi connectivity index (χ0n) is 19.3. The van der Waals surface area contributed by atoms with Crippen LogP contribution in [-0.4, -0.2) is 58.5 Å². The van der Waals surface area contributed by atoms with Crippen LogP contribution < -0.4 is 4.74 Å². The standard InChI is InChI=1S/C25H24F2N6O2/c1-32(2)10-11-34-17-8-6-16(7-9-17)21-12-18(35-31-21)14-33-15-23-22(13-28-33)29-25(30-23)19-4-3-5-20(26)24(19)27/h3-9,12-13H,10-11,14-15H2,1-2H3,(H,29,30). The number of hydrogen-bond donors (Lipinski definition) is 1. The molecule has 0 fully saturated rings. The molecule has 2 aromatic heterocycles. The number of hydrazone groups is 1. The summed E-state index contributed by atoms with van der Waals surface area (Å²) >= 11 is 0. The minimum absolute atomic E-state index is 0.0772. The number of nitrogens with one attached hydrogen (secondary N) is 1. The molecule has 3 heterocycles. The number of likely N-dealkylation sites (N-methyl/N-ethyl adjacent to an activating group) is 1. The van der Waals surface area contributed by atoms with E-state index in [1.165, 1.54) is 12.1 Å². The van der Waals surface area contributed by atoms with Gasteiger partial charge in [-0.3, -0.25) is 5.01 Å². The number of hydrogen-bond acceptors (Lipinski definition) is 7. The summed E-state index contributed by atoms with van der Waals surface area (Å²) in [5, 5.41) is 10.3. The Kier molecular flexibility index (Phi) is 6.28. The normalized spacial score (nSPS) is 12.9. The summed E-state index contributed by atoms with van der Waals surface area (Å²) in [6, 6.07) is 13.6. The van der Waals surface area contributed by atoms with Crippen LogP contribution in [0.15, 0.2) is 58.2 Å². The van der Waals surface area contributed by atoms with Gasteiger partial charge in [-0.1, -0.05) is 11.2 Å². The number of halogens is 2. The topological polar surface area (TPSA) is 82.8 Å². The molecular formula is C25H24F2N6O2. The van der Waals surface area contributed by atoms with Gasteiger partial charge in [-0.25, -0.2) is 13.8 Å². The zero-order valence-corrected chi connectivity index (χ0v) is 19.3. The Labute approximate surface area is 200 Å². The maximum absolute atomic E-state index is 14.2. The number of imidazole rings is 1. The third-order valence-electron chi connectivity index (χ3n) is 5.56. The van der Waals surface area contributed by atoms with Gasteiger partial charge in [-0.15, -0.1) is 0 Å². The van der Waals surface area contributed by atoms with Crippen LogP contribution in [0.1, 0.15) is 17.1 Å². The molecule has 4 aromatic rings. The lowest BCUT2D eigenvalue weighted by Gasteiger charge is -2.19. The van der Waals surface area contributed by atoms with Crippen LogP contribution in [0.4, 0.5) is 8.78 Å². The van der Waals surface area contributed by atoms with Crippen molar-refractivity contribution >= 4 is 6.21 Å². The summed E-state index contributed by atoms with van der Waals surface area (Å²) in [4.78, 5) is 9.50. The van der Waals surface area contributed by atoms with Crippen molar-refractivity contribution in [1.82, 2.24) is 25.0 Å². The fraction of sp³-hybridized carbons (Fsp3) is 0.240. The SMILES string of the molecule is CN(C)CCOc1ccc(-c2cc(CN3Cc4[nH]c(-c5cccc(F)c5F)nc4C=N3)on2)cc1. The minimum atomic E-state index is -0.935. The number of benzene rings is 2.